The Morgan fingerprint density at radius 2 is 1.85 bits per heavy atom. The lowest BCUT2D eigenvalue weighted by Crippen LogP contribution is -1.92. The molecule has 0 heterocycles. The van der Waals surface area contributed by atoms with Gasteiger partial charge in [0.1, 0.15) is 0 Å². The third kappa shape index (κ3) is 3.96. The zero-order valence-corrected chi connectivity index (χ0v) is 9.39. The molecule has 0 saturated heterocycles. The predicted molar refractivity (Wildman–Crippen MR) is 60.7 cm³/mol. The summed E-state index contributed by atoms with van der Waals surface area (Å²) in [5, 5.41) is 0. The minimum absolute atomic E-state index is 0.596. The average Bonchev–Trinajstić information content (AvgIpc) is 2.33. The van der Waals surface area contributed by atoms with Gasteiger partial charge in [-0.25, -0.2) is 0 Å². The first kappa shape index (κ1) is 12.0. The van der Waals surface area contributed by atoms with Crippen LogP contribution in [0.5, 0.6) is 0 Å². The molecule has 1 aliphatic carbocycles. The van der Waals surface area contributed by atoms with Crippen LogP contribution in [-0.2, 0) is 0 Å². The first-order valence-corrected chi connectivity index (χ1v) is 5.01. The molecule has 1 rings (SSSR count). The molecule has 0 aromatic heterocycles. The fourth-order valence-corrected chi connectivity index (χ4v) is 1.22. The summed E-state index contributed by atoms with van der Waals surface area (Å²) in [4.78, 5) is 0. The molecule has 0 aliphatic heterocycles. The highest BCUT2D eigenvalue weighted by molar-refractivity contribution is 5.36. The van der Waals surface area contributed by atoms with E-state index < -0.39 is 0 Å². The molecule has 0 aromatic carbocycles. The van der Waals surface area contributed by atoms with Crippen LogP contribution in [0.15, 0.2) is 41.2 Å². The van der Waals surface area contributed by atoms with Crippen molar-refractivity contribution in [1.29, 1.82) is 0 Å². The van der Waals surface area contributed by atoms with Crippen molar-refractivity contribution in [2.45, 2.75) is 34.6 Å². The van der Waals surface area contributed by atoms with E-state index in [4.69, 9.17) is 0 Å². The molecule has 0 nitrogen and oxygen atoms in total. The third-order valence-corrected chi connectivity index (χ3v) is 1.85. The van der Waals surface area contributed by atoms with Crippen molar-refractivity contribution in [2.75, 3.05) is 0 Å². The van der Waals surface area contributed by atoms with Gasteiger partial charge in [0.05, 0.1) is 0 Å². The van der Waals surface area contributed by atoms with E-state index in [2.05, 4.69) is 38.7 Å². The summed E-state index contributed by atoms with van der Waals surface area (Å²) in [6, 6.07) is 0. The molecule has 0 unspecified atom stereocenters. The van der Waals surface area contributed by atoms with Crippen molar-refractivity contribution in [3.63, 3.8) is 0 Å². The van der Waals surface area contributed by atoms with Gasteiger partial charge >= 0.3 is 0 Å². The molecule has 1 aliphatic rings. The molecule has 0 aromatic rings. The van der Waals surface area contributed by atoms with E-state index in [1.165, 1.54) is 11.1 Å². The van der Waals surface area contributed by atoms with Gasteiger partial charge in [-0.3, -0.25) is 0 Å². The van der Waals surface area contributed by atoms with E-state index in [0.29, 0.717) is 5.92 Å². The summed E-state index contributed by atoms with van der Waals surface area (Å²) in [7, 11) is 0. The quantitative estimate of drug-likeness (QED) is 0.523. The highest BCUT2D eigenvalue weighted by Crippen LogP contribution is 2.17. The van der Waals surface area contributed by atoms with Crippen LogP contribution < -0.4 is 0 Å². The summed E-state index contributed by atoms with van der Waals surface area (Å²) in [5.41, 5.74) is 5.85. The standard InChI is InChI=1S/C11H14.C2H6/c1-9(2)11-8-6-4-5-7-10(11)3;1-2/h4-5,7-9H,1-3H3;1-2H3. The topological polar surface area (TPSA) is 0 Å². The molecule has 0 spiro atoms. The molecule has 72 valence electrons. The van der Waals surface area contributed by atoms with Gasteiger partial charge in [0, 0.05) is 0 Å². The van der Waals surface area contributed by atoms with Gasteiger partial charge in [-0.15, -0.1) is 5.73 Å². The van der Waals surface area contributed by atoms with Crippen LogP contribution in [0.4, 0.5) is 0 Å². The summed E-state index contributed by atoms with van der Waals surface area (Å²) in [6.07, 6.45) is 8.17. The molecular formula is C13H20. The maximum Gasteiger partial charge on any atom is -0.0162 e. The Bertz CT molecular complexity index is 256. The van der Waals surface area contributed by atoms with Gasteiger partial charge in [-0.2, -0.15) is 0 Å². The second-order valence-electron chi connectivity index (χ2n) is 3.13. The molecule has 13 heavy (non-hydrogen) atoms. The van der Waals surface area contributed by atoms with Crippen molar-refractivity contribution in [3.8, 4) is 0 Å². The Morgan fingerprint density at radius 1 is 1.23 bits per heavy atom. The highest BCUT2D eigenvalue weighted by atomic mass is 14.1. The van der Waals surface area contributed by atoms with Gasteiger partial charge < -0.3 is 0 Å². The lowest BCUT2D eigenvalue weighted by Gasteiger charge is -2.07. The van der Waals surface area contributed by atoms with E-state index in [9.17, 15) is 0 Å². The summed E-state index contributed by atoms with van der Waals surface area (Å²) < 4.78 is 0. The minimum atomic E-state index is 0.596. The highest BCUT2D eigenvalue weighted by Gasteiger charge is 2.02. The number of hydrogen-bond acceptors (Lipinski definition) is 0. The SMILES string of the molecule is CC.CC1=C(C(C)C)C=C=CC=C1. The second-order valence-corrected chi connectivity index (χ2v) is 3.13. The second kappa shape index (κ2) is 6.51. The largest absolute Gasteiger partial charge is 0.121 e. The molecule has 0 bridgehead atoms. The molecule has 0 amide bonds. The molecular weight excluding hydrogens is 156 g/mol. The third-order valence-electron chi connectivity index (χ3n) is 1.85. The van der Waals surface area contributed by atoms with Gasteiger partial charge in [-0.05, 0) is 36.1 Å². The van der Waals surface area contributed by atoms with Crippen LogP contribution >= 0.6 is 0 Å². The van der Waals surface area contributed by atoms with Gasteiger partial charge in [0.25, 0.3) is 0 Å². The Morgan fingerprint density at radius 3 is 2.38 bits per heavy atom. The van der Waals surface area contributed by atoms with Gasteiger partial charge in [0.2, 0.25) is 0 Å². The van der Waals surface area contributed by atoms with Crippen LogP contribution in [0.25, 0.3) is 0 Å². The van der Waals surface area contributed by atoms with Crippen molar-refractivity contribution < 1.29 is 0 Å². The van der Waals surface area contributed by atoms with Gasteiger partial charge in [-0.1, -0.05) is 39.8 Å². The van der Waals surface area contributed by atoms with E-state index >= 15 is 0 Å². The van der Waals surface area contributed by atoms with Gasteiger partial charge in [0.15, 0.2) is 0 Å². The first-order valence-electron chi connectivity index (χ1n) is 5.01. The summed E-state index contributed by atoms with van der Waals surface area (Å²) in [5.74, 6) is 0.596. The Kier molecular flexibility index (Phi) is 6.01. The first-order chi connectivity index (χ1) is 6.22. The maximum absolute atomic E-state index is 3.11. The number of hydrogen-bond donors (Lipinski definition) is 0. The van der Waals surface area contributed by atoms with Crippen molar-refractivity contribution in [3.05, 3.63) is 41.2 Å². The zero-order chi connectivity index (χ0) is 10.3. The van der Waals surface area contributed by atoms with Crippen molar-refractivity contribution in [1.82, 2.24) is 0 Å². The molecule has 0 N–H and O–H groups in total. The molecule has 0 saturated carbocycles. The molecule has 0 atom stereocenters. The Labute approximate surface area is 82.4 Å². The van der Waals surface area contributed by atoms with Crippen LogP contribution in [0.1, 0.15) is 34.6 Å². The van der Waals surface area contributed by atoms with E-state index in [1.54, 1.807) is 0 Å². The fraction of sp³-hybridized carbons (Fsp3) is 0.462. The molecule has 0 fully saturated rings. The normalized spacial score (nSPS) is 14.3. The summed E-state index contributed by atoms with van der Waals surface area (Å²) in [6.45, 7) is 10.6. The fourth-order valence-electron chi connectivity index (χ4n) is 1.22. The average molecular weight is 176 g/mol. The van der Waals surface area contributed by atoms with Crippen LogP contribution in [0, 0.1) is 5.92 Å². The Balaban J connectivity index is 0.000000671. The molecule has 0 radical (unpaired) electrons. The monoisotopic (exact) mass is 176 g/mol. The van der Waals surface area contributed by atoms with Crippen LogP contribution in [-0.4, -0.2) is 0 Å². The number of rotatable bonds is 1. The van der Waals surface area contributed by atoms with E-state index in [1.807, 2.05) is 26.0 Å². The Hall–Kier alpha value is -1.00. The minimum Gasteiger partial charge on any atom is -0.121 e. The smallest absolute Gasteiger partial charge is 0.0162 e. The zero-order valence-electron chi connectivity index (χ0n) is 9.39. The van der Waals surface area contributed by atoms with E-state index in [0.717, 1.165) is 0 Å². The predicted octanol–water partition coefficient (Wildman–Crippen LogP) is 4.27. The van der Waals surface area contributed by atoms with E-state index in [-0.39, 0.29) is 0 Å². The van der Waals surface area contributed by atoms with Crippen molar-refractivity contribution in [2.24, 2.45) is 5.92 Å². The van der Waals surface area contributed by atoms with Crippen LogP contribution in [0.3, 0.4) is 0 Å². The lowest BCUT2D eigenvalue weighted by molar-refractivity contribution is 0.784. The molecule has 0 heteroatoms. The lowest BCUT2D eigenvalue weighted by atomic mass is 9.98. The van der Waals surface area contributed by atoms with Crippen LogP contribution in [0.2, 0.25) is 0 Å². The summed E-state index contributed by atoms with van der Waals surface area (Å²) >= 11 is 0. The van der Waals surface area contributed by atoms with Crippen molar-refractivity contribution >= 4 is 0 Å². The maximum atomic E-state index is 3.11. The number of allylic oxidation sites excluding steroid dienone is 5.